The second kappa shape index (κ2) is 4.00. The molecule has 2 heterocycles. The van der Waals surface area contributed by atoms with Gasteiger partial charge in [0.05, 0.1) is 9.35 Å². The standard InChI is InChI=1S/C9H10BrNO2S/c10-8-7(9(12)13)6(4-14-8)5-1-2-11-3-5/h4-5,11H,1-3H2,(H,12,13). The highest BCUT2D eigenvalue weighted by Gasteiger charge is 2.25. The van der Waals surface area contributed by atoms with Gasteiger partial charge in [-0.15, -0.1) is 11.3 Å². The minimum absolute atomic E-state index is 0.364. The van der Waals surface area contributed by atoms with Crippen molar-refractivity contribution in [3.63, 3.8) is 0 Å². The van der Waals surface area contributed by atoms with Crippen LogP contribution in [0.1, 0.15) is 28.3 Å². The second-order valence-corrected chi connectivity index (χ2v) is 5.53. The molecule has 1 fully saturated rings. The molecule has 3 nitrogen and oxygen atoms in total. The van der Waals surface area contributed by atoms with Crippen molar-refractivity contribution in [3.05, 3.63) is 20.3 Å². The molecule has 2 rings (SSSR count). The molecule has 0 aromatic carbocycles. The average molecular weight is 276 g/mol. The van der Waals surface area contributed by atoms with Crippen LogP contribution in [0.3, 0.4) is 0 Å². The second-order valence-electron chi connectivity index (χ2n) is 3.33. The molecule has 0 saturated carbocycles. The van der Waals surface area contributed by atoms with E-state index in [0.717, 1.165) is 28.9 Å². The van der Waals surface area contributed by atoms with Gasteiger partial charge in [-0.2, -0.15) is 0 Å². The van der Waals surface area contributed by atoms with Gasteiger partial charge in [-0.1, -0.05) is 0 Å². The minimum atomic E-state index is -0.833. The number of hydrogen-bond donors (Lipinski definition) is 2. The van der Waals surface area contributed by atoms with Gasteiger partial charge in [0.15, 0.2) is 0 Å². The number of rotatable bonds is 2. The molecule has 1 atom stereocenters. The van der Waals surface area contributed by atoms with E-state index in [4.69, 9.17) is 5.11 Å². The Bertz CT molecular complexity index is 358. The molecule has 5 heteroatoms. The van der Waals surface area contributed by atoms with Crippen LogP contribution < -0.4 is 5.32 Å². The van der Waals surface area contributed by atoms with Crippen molar-refractivity contribution in [3.8, 4) is 0 Å². The summed E-state index contributed by atoms with van der Waals surface area (Å²) in [7, 11) is 0. The summed E-state index contributed by atoms with van der Waals surface area (Å²) < 4.78 is 0.729. The Kier molecular flexibility index (Phi) is 2.90. The van der Waals surface area contributed by atoms with E-state index in [-0.39, 0.29) is 0 Å². The number of aromatic carboxylic acids is 1. The van der Waals surface area contributed by atoms with E-state index in [1.165, 1.54) is 11.3 Å². The van der Waals surface area contributed by atoms with E-state index in [2.05, 4.69) is 21.2 Å². The van der Waals surface area contributed by atoms with Crippen LogP contribution in [0.2, 0.25) is 0 Å². The minimum Gasteiger partial charge on any atom is -0.478 e. The van der Waals surface area contributed by atoms with Crippen LogP contribution in [0.5, 0.6) is 0 Å². The van der Waals surface area contributed by atoms with Gasteiger partial charge in [-0.05, 0) is 45.8 Å². The zero-order valence-corrected chi connectivity index (χ0v) is 9.82. The highest BCUT2D eigenvalue weighted by molar-refractivity contribution is 9.11. The summed E-state index contributed by atoms with van der Waals surface area (Å²) in [6.07, 6.45) is 1.03. The van der Waals surface area contributed by atoms with Gasteiger partial charge < -0.3 is 10.4 Å². The first-order chi connectivity index (χ1) is 6.70. The van der Waals surface area contributed by atoms with Crippen LogP contribution in [0.15, 0.2) is 9.17 Å². The van der Waals surface area contributed by atoms with Crippen molar-refractivity contribution in [2.45, 2.75) is 12.3 Å². The summed E-state index contributed by atoms with van der Waals surface area (Å²) in [5.74, 6) is -0.469. The molecule has 1 unspecified atom stereocenters. The Morgan fingerprint density at radius 3 is 3.07 bits per heavy atom. The van der Waals surface area contributed by atoms with E-state index >= 15 is 0 Å². The number of halogens is 1. The molecule has 1 saturated heterocycles. The van der Waals surface area contributed by atoms with Gasteiger partial charge in [-0.3, -0.25) is 0 Å². The van der Waals surface area contributed by atoms with Crippen molar-refractivity contribution in [1.82, 2.24) is 5.32 Å². The molecular formula is C9H10BrNO2S. The monoisotopic (exact) mass is 275 g/mol. The van der Waals surface area contributed by atoms with Crippen molar-refractivity contribution < 1.29 is 9.90 Å². The lowest BCUT2D eigenvalue weighted by Crippen LogP contribution is -2.10. The molecule has 14 heavy (non-hydrogen) atoms. The zero-order chi connectivity index (χ0) is 10.1. The third kappa shape index (κ3) is 1.71. The summed E-state index contributed by atoms with van der Waals surface area (Å²) >= 11 is 4.74. The van der Waals surface area contributed by atoms with Crippen LogP contribution in [-0.4, -0.2) is 24.2 Å². The Morgan fingerprint density at radius 2 is 2.50 bits per heavy atom. The lowest BCUT2D eigenvalue weighted by molar-refractivity contribution is 0.0695. The molecule has 0 spiro atoms. The van der Waals surface area contributed by atoms with Gasteiger partial charge >= 0.3 is 5.97 Å². The normalized spacial score (nSPS) is 21.4. The van der Waals surface area contributed by atoms with Gasteiger partial charge in [0.2, 0.25) is 0 Å². The Morgan fingerprint density at radius 1 is 1.71 bits per heavy atom. The van der Waals surface area contributed by atoms with E-state index in [9.17, 15) is 4.79 Å². The van der Waals surface area contributed by atoms with Gasteiger partial charge in [0.1, 0.15) is 0 Å². The maximum atomic E-state index is 11.0. The Hall–Kier alpha value is -0.390. The topological polar surface area (TPSA) is 49.3 Å². The third-order valence-electron chi connectivity index (χ3n) is 2.49. The number of carboxylic acids is 1. The fourth-order valence-corrected chi connectivity index (χ4v) is 3.32. The number of nitrogens with one attached hydrogen (secondary N) is 1. The quantitative estimate of drug-likeness (QED) is 0.871. The van der Waals surface area contributed by atoms with E-state index < -0.39 is 5.97 Å². The molecule has 0 aliphatic carbocycles. The Labute approximate surface area is 94.3 Å². The molecule has 1 aromatic heterocycles. The zero-order valence-electron chi connectivity index (χ0n) is 7.42. The first-order valence-corrected chi connectivity index (χ1v) is 6.08. The lowest BCUT2D eigenvalue weighted by Gasteiger charge is -2.07. The van der Waals surface area contributed by atoms with E-state index in [0.29, 0.717) is 11.5 Å². The number of carbonyl (C=O) groups is 1. The summed E-state index contributed by atoms with van der Waals surface area (Å²) in [6.45, 7) is 1.88. The summed E-state index contributed by atoms with van der Waals surface area (Å²) in [5, 5.41) is 14.2. The molecule has 76 valence electrons. The SMILES string of the molecule is O=C(O)c1c(C2CCNC2)csc1Br. The molecule has 1 aromatic rings. The smallest absolute Gasteiger partial charge is 0.338 e. The highest BCUT2D eigenvalue weighted by atomic mass is 79.9. The predicted molar refractivity (Wildman–Crippen MR) is 59.2 cm³/mol. The van der Waals surface area contributed by atoms with Crippen molar-refractivity contribution >= 4 is 33.2 Å². The summed E-state index contributed by atoms with van der Waals surface area (Å²) in [5.41, 5.74) is 1.42. The number of hydrogen-bond acceptors (Lipinski definition) is 3. The van der Waals surface area contributed by atoms with Crippen LogP contribution in [0.25, 0.3) is 0 Å². The van der Waals surface area contributed by atoms with Crippen LogP contribution in [0.4, 0.5) is 0 Å². The molecular weight excluding hydrogens is 266 g/mol. The van der Waals surface area contributed by atoms with E-state index in [1.54, 1.807) is 0 Å². The average Bonchev–Trinajstić information content (AvgIpc) is 2.70. The van der Waals surface area contributed by atoms with E-state index in [1.807, 2.05) is 5.38 Å². The molecule has 0 radical (unpaired) electrons. The first-order valence-electron chi connectivity index (χ1n) is 4.41. The maximum absolute atomic E-state index is 11.0. The lowest BCUT2D eigenvalue weighted by atomic mass is 9.98. The fourth-order valence-electron chi connectivity index (χ4n) is 1.77. The Balaban J connectivity index is 2.37. The predicted octanol–water partition coefficient (Wildman–Crippen LogP) is 2.29. The summed E-state index contributed by atoms with van der Waals surface area (Å²) in [6, 6.07) is 0. The largest absolute Gasteiger partial charge is 0.478 e. The molecule has 1 aliphatic heterocycles. The molecule has 2 N–H and O–H groups in total. The van der Waals surface area contributed by atoms with Gasteiger partial charge in [0, 0.05) is 6.54 Å². The van der Waals surface area contributed by atoms with Crippen LogP contribution >= 0.6 is 27.3 Å². The number of carboxylic acid groups (broad SMARTS) is 1. The maximum Gasteiger partial charge on any atom is 0.338 e. The van der Waals surface area contributed by atoms with Crippen LogP contribution in [0, 0.1) is 0 Å². The van der Waals surface area contributed by atoms with Gasteiger partial charge in [0.25, 0.3) is 0 Å². The van der Waals surface area contributed by atoms with Crippen molar-refractivity contribution in [1.29, 1.82) is 0 Å². The van der Waals surface area contributed by atoms with Gasteiger partial charge in [-0.25, -0.2) is 4.79 Å². The third-order valence-corrected chi connectivity index (χ3v) is 4.23. The number of thiophene rings is 1. The summed E-state index contributed by atoms with van der Waals surface area (Å²) in [4.78, 5) is 11.0. The van der Waals surface area contributed by atoms with Crippen molar-refractivity contribution in [2.75, 3.05) is 13.1 Å². The first kappa shape index (κ1) is 10.1. The molecule has 0 amide bonds. The highest BCUT2D eigenvalue weighted by Crippen LogP contribution is 2.35. The molecule has 0 bridgehead atoms. The van der Waals surface area contributed by atoms with Crippen molar-refractivity contribution in [2.24, 2.45) is 0 Å². The fraction of sp³-hybridized carbons (Fsp3) is 0.444. The van der Waals surface area contributed by atoms with Crippen LogP contribution in [-0.2, 0) is 0 Å². The molecule has 1 aliphatic rings.